The molecular weight excluding hydrogens is 665 g/mol. The zero-order valence-corrected chi connectivity index (χ0v) is 27.8. The minimum Gasteiger partial charge on any atom is -0.426 e. The van der Waals surface area contributed by atoms with Gasteiger partial charge in [-0.2, -0.15) is 0 Å². The van der Waals surface area contributed by atoms with E-state index >= 15 is 0 Å². The van der Waals surface area contributed by atoms with Gasteiger partial charge in [-0.3, -0.25) is 28.9 Å². The number of amides is 4. The Hall–Kier alpha value is -6.56. The Balaban J connectivity index is 0.959. The fourth-order valence-electron chi connectivity index (χ4n) is 6.97. The minimum absolute atomic E-state index is 0.160. The second kappa shape index (κ2) is 13.3. The Morgan fingerprint density at radius 2 is 1.50 bits per heavy atom. The van der Waals surface area contributed by atoms with E-state index in [-0.39, 0.29) is 35.9 Å². The van der Waals surface area contributed by atoms with E-state index in [1.54, 1.807) is 47.4 Å². The molecule has 11 nitrogen and oxygen atoms in total. The molecule has 0 aliphatic carbocycles. The number of nitrogens with zero attached hydrogens (tertiary/aromatic N) is 2. The van der Waals surface area contributed by atoms with Crippen LogP contribution in [0.3, 0.4) is 0 Å². The minimum atomic E-state index is -0.409. The molecule has 4 heterocycles. The first-order valence-electron chi connectivity index (χ1n) is 17.0. The van der Waals surface area contributed by atoms with Crippen molar-refractivity contribution in [2.24, 2.45) is 0 Å². The van der Waals surface area contributed by atoms with Crippen molar-refractivity contribution < 1.29 is 33.1 Å². The van der Waals surface area contributed by atoms with Crippen LogP contribution in [0.4, 0.5) is 15.8 Å². The molecule has 52 heavy (non-hydrogen) atoms. The van der Waals surface area contributed by atoms with Gasteiger partial charge in [-0.05, 0) is 78.7 Å². The maximum absolute atomic E-state index is 14.0. The Bertz CT molecular complexity index is 2480. The number of aromatic nitrogens is 2. The van der Waals surface area contributed by atoms with Gasteiger partial charge in [-0.25, -0.2) is 4.39 Å². The lowest BCUT2D eigenvalue weighted by atomic mass is 10.0. The fourth-order valence-corrected chi connectivity index (χ4v) is 6.97. The number of hydrogen-bond donors (Lipinski definition) is 3. The quantitative estimate of drug-likeness (QED) is 0.0623. The SMILES string of the molecule is O=C(CCCCCN1C(=O)C=CC1=O)Oc1cc2c(c3ccccc13)CCN2C(=O)c1cc2cc(NC(=O)c3cc4cc(F)ccc4[nH]3)ccc2[nH]1. The summed E-state index contributed by atoms with van der Waals surface area (Å²) in [6.45, 7) is 0.751. The largest absolute Gasteiger partial charge is 0.426 e. The molecule has 2 aliphatic heterocycles. The number of esters is 1. The normalized spacial score (nSPS) is 13.9. The summed E-state index contributed by atoms with van der Waals surface area (Å²) in [6, 6.07) is 22.3. The molecule has 0 bridgehead atoms. The van der Waals surface area contributed by atoms with E-state index in [9.17, 15) is 28.4 Å². The summed E-state index contributed by atoms with van der Waals surface area (Å²) >= 11 is 0. The third-order valence-corrected chi connectivity index (χ3v) is 9.54. The monoisotopic (exact) mass is 697 g/mol. The molecule has 0 spiro atoms. The standard InChI is InChI=1S/C40H32FN5O6/c41-25-9-11-30-23(18-25)20-32(43-30)39(50)42-26-10-12-31-24(19-26)21-33(44-31)40(51)45-17-15-28-27-6-3-4-7-29(27)35(22-34(28)45)52-38(49)8-2-1-5-16-46-36(47)13-14-37(46)48/h3-4,6-7,9-14,18-22,43-44H,1-2,5,8,15-17H2,(H,42,50). The van der Waals surface area contributed by atoms with Gasteiger partial charge >= 0.3 is 5.97 Å². The highest BCUT2D eigenvalue weighted by Gasteiger charge is 2.30. The molecule has 2 aromatic heterocycles. The molecule has 8 rings (SSSR count). The summed E-state index contributed by atoms with van der Waals surface area (Å²) < 4.78 is 19.5. The Morgan fingerprint density at radius 3 is 2.31 bits per heavy atom. The number of ether oxygens (including phenoxy) is 1. The van der Waals surface area contributed by atoms with Gasteiger partial charge in [-0.1, -0.05) is 30.7 Å². The van der Waals surface area contributed by atoms with Crippen LogP contribution in [0.25, 0.3) is 32.6 Å². The Labute approximate surface area is 296 Å². The molecule has 260 valence electrons. The van der Waals surface area contributed by atoms with Gasteiger partial charge in [0.2, 0.25) is 0 Å². The number of aromatic amines is 2. The average molecular weight is 698 g/mol. The summed E-state index contributed by atoms with van der Waals surface area (Å²) in [5, 5.41) is 5.86. The number of carbonyl (C=O) groups is 5. The van der Waals surface area contributed by atoms with Gasteiger partial charge in [0.25, 0.3) is 23.6 Å². The van der Waals surface area contributed by atoms with Crippen molar-refractivity contribution >= 4 is 73.6 Å². The van der Waals surface area contributed by atoms with Gasteiger partial charge < -0.3 is 24.9 Å². The molecule has 3 N–H and O–H groups in total. The zero-order chi connectivity index (χ0) is 35.9. The molecule has 0 atom stereocenters. The van der Waals surface area contributed by atoms with Crippen LogP contribution in [-0.2, 0) is 20.8 Å². The first kappa shape index (κ1) is 32.6. The maximum atomic E-state index is 14.0. The van der Waals surface area contributed by atoms with E-state index in [1.807, 2.05) is 24.3 Å². The van der Waals surface area contributed by atoms with Crippen LogP contribution in [0.5, 0.6) is 5.75 Å². The first-order valence-corrected chi connectivity index (χ1v) is 17.0. The number of benzene rings is 4. The summed E-state index contributed by atoms with van der Waals surface area (Å²) in [5.41, 5.74) is 4.21. The van der Waals surface area contributed by atoms with Crippen LogP contribution < -0.4 is 15.0 Å². The van der Waals surface area contributed by atoms with E-state index in [1.165, 1.54) is 29.2 Å². The van der Waals surface area contributed by atoms with Gasteiger partial charge in [0.1, 0.15) is 23.0 Å². The molecule has 6 aromatic rings. The third-order valence-electron chi connectivity index (χ3n) is 9.54. The molecule has 0 unspecified atom stereocenters. The fraction of sp³-hybridized carbons (Fsp3) is 0.175. The number of hydrogen-bond acceptors (Lipinski definition) is 6. The number of anilines is 2. The number of halogens is 1. The van der Waals surface area contributed by atoms with Gasteiger partial charge in [-0.15, -0.1) is 0 Å². The van der Waals surface area contributed by atoms with Crippen molar-refractivity contribution in [3.8, 4) is 5.75 Å². The molecule has 0 radical (unpaired) electrons. The van der Waals surface area contributed by atoms with Crippen LogP contribution in [0.2, 0.25) is 0 Å². The van der Waals surface area contributed by atoms with Gasteiger partial charge in [0, 0.05) is 70.6 Å². The summed E-state index contributed by atoms with van der Waals surface area (Å²) in [7, 11) is 0. The van der Waals surface area contributed by atoms with Crippen LogP contribution in [0.15, 0.2) is 91.0 Å². The highest BCUT2D eigenvalue weighted by atomic mass is 19.1. The zero-order valence-electron chi connectivity index (χ0n) is 27.8. The summed E-state index contributed by atoms with van der Waals surface area (Å²) in [5.74, 6) is -1.69. The summed E-state index contributed by atoms with van der Waals surface area (Å²) in [6.07, 6.45) is 5.07. The number of nitrogens with one attached hydrogen (secondary N) is 3. The Kier molecular flexibility index (Phi) is 8.34. The predicted molar refractivity (Wildman–Crippen MR) is 194 cm³/mol. The molecule has 2 aliphatic rings. The van der Waals surface area contributed by atoms with E-state index in [2.05, 4.69) is 15.3 Å². The lowest BCUT2D eigenvalue weighted by Crippen LogP contribution is -2.30. The van der Waals surface area contributed by atoms with Crippen LogP contribution in [0.1, 0.15) is 52.2 Å². The first-order chi connectivity index (χ1) is 25.2. The number of unbranched alkanes of at least 4 members (excludes halogenated alkanes) is 2. The second-order valence-corrected chi connectivity index (χ2v) is 12.9. The number of carbonyl (C=O) groups excluding carboxylic acids is 5. The van der Waals surface area contributed by atoms with Crippen LogP contribution >= 0.6 is 0 Å². The van der Waals surface area contributed by atoms with Crippen LogP contribution in [-0.4, -0.2) is 57.6 Å². The van der Waals surface area contributed by atoms with Crippen molar-refractivity contribution in [1.82, 2.24) is 14.9 Å². The number of rotatable bonds is 10. The Morgan fingerprint density at radius 1 is 0.788 bits per heavy atom. The molecule has 0 saturated carbocycles. The van der Waals surface area contributed by atoms with Crippen molar-refractivity contribution in [2.75, 3.05) is 23.3 Å². The van der Waals surface area contributed by atoms with Crippen LogP contribution in [0, 0.1) is 5.82 Å². The number of H-pyrrole nitrogens is 2. The number of imide groups is 1. The smallest absolute Gasteiger partial charge is 0.311 e. The molecular formula is C40H32FN5O6. The average Bonchev–Trinajstić information content (AvgIpc) is 3.93. The predicted octanol–water partition coefficient (Wildman–Crippen LogP) is 6.79. The van der Waals surface area contributed by atoms with Gasteiger partial charge in [0.15, 0.2) is 0 Å². The van der Waals surface area contributed by atoms with Gasteiger partial charge in [0.05, 0.1) is 5.69 Å². The lowest BCUT2D eigenvalue weighted by molar-refractivity contribution is -0.137. The molecule has 4 aromatic carbocycles. The molecule has 12 heteroatoms. The maximum Gasteiger partial charge on any atom is 0.311 e. The second-order valence-electron chi connectivity index (χ2n) is 12.9. The lowest BCUT2D eigenvalue weighted by Gasteiger charge is -2.19. The van der Waals surface area contributed by atoms with E-state index < -0.39 is 5.97 Å². The highest BCUT2D eigenvalue weighted by molar-refractivity contribution is 6.13. The topological polar surface area (TPSA) is 145 Å². The van der Waals surface area contributed by atoms with E-state index in [0.29, 0.717) is 83.7 Å². The van der Waals surface area contributed by atoms with Crippen molar-refractivity contribution in [2.45, 2.75) is 32.1 Å². The van der Waals surface area contributed by atoms with E-state index in [0.717, 1.165) is 21.7 Å². The van der Waals surface area contributed by atoms with Crippen molar-refractivity contribution in [3.63, 3.8) is 0 Å². The molecule has 4 amide bonds. The summed E-state index contributed by atoms with van der Waals surface area (Å²) in [4.78, 5) is 72.5. The molecule has 0 saturated heterocycles. The van der Waals surface area contributed by atoms with Crippen molar-refractivity contribution in [3.05, 3.63) is 114 Å². The molecule has 0 fully saturated rings. The van der Waals surface area contributed by atoms with E-state index in [4.69, 9.17) is 4.74 Å². The highest BCUT2D eigenvalue weighted by Crippen LogP contribution is 2.41. The third kappa shape index (κ3) is 6.19. The van der Waals surface area contributed by atoms with Crippen molar-refractivity contribution in [1.29, 1.82) is 0 Å². The number of fused-ring (bicyclic) bond motifs is 5.